The first-order valence-electron chi connectivity index (χ1n) is 7.56. The van der Waals surface area contributed by atoms with Crippen LogP contribution in [0.15, 0.2) is 24.5 Å². The van der Waals surface area contributed by atoms with E-state index >= 15 is 0 Å². The topological polar surface area (TPSA) is 55.1 Å². The first kappa shape index (κ1) is 14.1. The summed E-state index contributed by atoms with van der Waals surface area (Å²) in [5.41, 5.74) is 2.45. The van der Waals surface area contributed by atoms with Crippen LogP contribution in [0.3, 0.4) is 0 Å². The molecule has 0 spiro atoms. The van der Waals surface area contributed by atoms with Gasteiger partial charge in [-0.3, -0.25) is 0 Å². The van der Waals surface area contributed by atoms with Gasteiger partial charge in [0.15, 0.2) is 0 Å². The van der Waals surface area contributed by atoms with Gasteiger partial charge in [-0.2, -0.15) is 0 Å². The van der Waals surface area contributed by atoms with E-state index in [1.807, 2.05) is 12.4 Å². The van der Waals surface area contributed by atoms with Gasteiger partial charge in [-0.25, -0.2) is 9.78 Å². The molecule has 4 nitrogen and oxygen atoms in total. The molecule has 1 saturated carbocycles. The predicted octanol–water partition coefficient (Wildman–Crippen LogP) is 4.12. The number of carbonyl (C=O) groups is 1. The number of aromatic carboxylic acids is 1. The van der Waals surface area contributed by atoms with E-state index in [0.717, 1.165) is 23.9 Å². The Kier molecular flexibility index (Phi) is 3.27. The van der Waals surface area contributed by atoms with Crippen LogP contribution in [0.2, 0.25) is 0 Å². The van der Waals surface area contributed by atoms with Crippen molar-refractivity contribution >= 4 is 17.0 Å². The van der Waals surface area contributed by atoms with Gasteiger partial charge < -0.3 is 9.67 Å². The molecular weight excluding hydrogens is 264 g/mol. The summed E-state index contributed by atoms with van der Waals surface area (Å²) in [5, 5.41) is 9.07. The molecule has 21 heavy (non-hydrogen) atoms. The number of hydrogen-bond donors (Lipinski definition) is 1. The van der Waals surface area contributed by atoms with Crippen LogP contribution in [0.1, 0.15) is 56.4 Å². The highest BCUT2D eigenvalue weighted by Crippen LogP contribution is 2.44. The Balaban J connectivity index is 1.99. The molecule has 2 aromatic rings. The first-order valence-corrected chi connectivity index (χ1v) is 7.56. The molecule has 2 atom stereocenters. The standard InChI is InChI=1S/C17H22N2O2/c1-11-6-13(9-17(2,3)8-11)19-10-18-14-7-12(16(20)21)4-5-15(14)19/h4-5,7,10-11,13H,6,8-9H2,1-3H3,(H,20,21). The molecule has 4 heteroatoms. The van der Waals surface area contributed by atoms with Gasteiger partial charge in [0.05, 0.1) is 22.9 Å². The van der Waals surface area contributed by atoms with Gasteiger partial charge in [-0.05, 0) is 48.8 Å². The quantitative estimate of drug-likeness (QED) is 0.903. The molecule has 1 aromatic heterocycles. The van der Waals surface area contributed by atoms with Crippen LogP contribution in [0, 0.1) is 11.3 Å². The van der Waals surface area contributed by atoms with Crippen molar-refractivity contribution in [2.75, 3.05) is 0 Å². The number of nitrogens with zero attached hydrogens (tertiary/aromatic N) is 2. The normalized spacial score (nSPS) is 25.1. The fourth-order valence-corrected chi connectivity index (χ4v) is 3.96. The molecule has 0 amide bonds. The third-order valence-corrected chi connectivity index (χ3v) is 4.58. The Morgan fingerprint density at radius 3 is 2.81 bits per heavy atom. The molecular formula is C17H22N2O2. The number of aromatic nitrogens is 2. The molecule has 1 aromatic carbocycles. The van der Waals surface area contributed by atoms with E-state index in [1.54, 1.807) is 12.1 Å². The maximum absolute atomic E-state index is 11.0. The summed E-state index contributed by atoms with van der Waals surface area (Å²) < 4.78 is 2.23. The van der Waals surface area contributed by atoms with Gasteiger partial charge in [0, 0.05) is 6.04 Å². The fraction of sp³-hybridized carbons (Fsp3) is 0.529. The van der Waals surface area contributed by atoms with E-state index in [2.05, 4.69) is 30.3 Å². The number of carboxylic acids is 1. The molecule has 3 rings (SSSR count). The summed E-state index contributed by atoms with van der Waals surface area (Å²) in [4.78, 5) is 15.5. The van der Waals surface area contributed by atoms with Gasteiger partial charge in [-0.15, -0.1) is 0 Å². The molecule has 0 bridgehead atoms. The fourth-order valence-electron chi connectivity index (χ4n) is 3.96. The highest BCUT2D eigenvalue weighted by molar-refractivity contribution is 5.92. The van der Waals surface area contributed by atoms with E-state index in [4.69, 9.17) is 5.11 Å². The zero-order chi connectivity index (χ0) is 15.2. The van der Waals surface area contributed by atoms with Gasteiger partial charge in [-0.1, -0.05) is 20.8 Å². The van der Waals surface area contributed by atoms with Gasteiger partial charge in [0.25, 0.3) is 0 Å². The summed E-state index contributed by atoms with van der Waals surface area (Å²) in [7, 11) is 0. The summed E-state index contributed by atoms with van der Waals surface area (Å²) in [6.45, 7) is 6.98. The maximum atomic E-state index is 11.0. The molecule has 1 fully saturated rings. The van der Waals surface area contributed by atoms with Crippen LogP contribution in [-0.4, -0.2) is 20.6 Å². The average Bonchev–Trinajstić information content (AvgIpc) is 2.78. The van der Waals surface area contributed by atoms with Crippen molar-refractivity contribution in [2.45, 2.75) is 46.1 Å². The van der Waals surface area contributed by atoms with E-state index in [9.17, 15) is 4.79 Å². The minimum absolute atomic E-state index is 0.296. The summed E-state index contributed by atoms with van der Waals surface area (Å²) in [6.07, 6.45) is 5.44. The molecule has 1 aliphatic rings. The lowest BCUT2D eigenvalue weighted by Gasteiger charge is -2.39. The number of benzene rings is 1. The second-order valence-corrected chi connectivity index (χ2v) is 7.23. The second-order valence-electron chi connectivity index (χ2n) is 7.23. The third kappa shape index (κ3) is 2.67. The van der Waals surface area contributed by atoms with E-state index < -0.39 is 5.97 Å². The molecule has 2 unspecified atom stereocenters. The van der Waals surface area contributed by atoms with Crippen molar-refractivity contribution in [3.63, 3.8) is 0 Å². The van der Waals surface area contributed by atoms with Crippen LogP contribution in [0.5, 0.6) is 0 Å². The molecule has 0 aliphatic heterocycles. The van der Waals surface area contributed by atoms with Gasteiger partial charge in [0.1, 0.15) is 0 Å². The van der Waals surface area contributed by atoms with Crippen LogP contribution in [0.25, 0.3) is 11.0 Å². The lowest BCUT2D eigenvalue weighted by Crippen LogP contribution is -2.29. The molecule has 1 aliphatic carbocycles. The molecule has 1 N–H and O–H groups in total. The number of imidazole rings is 1. The highest BCUT2D eigenvalue weighted by atomic mass is 16.4. The number of rotatable bonds is 2. The molecule has 112 valence electrons. The summed E-state index contributed by atoms with van der Waals surface area (Å²) >= 11 is 0. The third-order valence-electron chi connectivity index (χ3n) is 4.58. The summed E-state index contributed by atoms with van der Waals surface area (Å²) in [6, 6.07) is 5.66. The van der Waals surface area contributed by atoms with E-state index in [0.29, 0.717) is 22.9 Å². The monoisotopic (exact) mass is 286 g/mol. The SMILES string of the molecule is CC1CC(n2cnc3cc(C(=O)O)ccc32)CC(C)(C)C1. The number of fused-ring (bicyclic) bond motifs is 1. The summed E-state index contributed by atoms with van der Waals surface area (Å²) in [5.74, 6) is -0.201. The van der Waals surface area contributed by atoms with Crippen molar-refractivity contribution < 1.29 is 9.90 Å². The van der Waals surface area contributed by atoms with Crippen LogP contribution in [-0.2, 0) is 0 Å². The van der Waals surface area contributed by atoms with Crippen molar-refractivity contribution in [1.29, 1.82) is 0 Å². The number of carboxylic acid groups (broad SMARTS) is 1. The van der Waals surface area contributed by atoms with Crippen LogP contribution < -0.4 is 0 Å². The van der Waals surface area contributed by atoms with Gasteiger partial charge >= 0.3 is 5.97 Å². The molecule has 1 heterocycles. The lowest BCUT2D eigenvalue weighted by atomic mass is 9.70. The van der Waals surface area contributed by atoms with Crippen molar-refractivity contribution in [1.82, 2.24) is 9.55 Å². The van der Waals surface area contributed by atoms with Crippen molar-refractivity contribution in [2.24, 2.45) is 11.3 Å². The zero-order valence-electron chi connectivity index (χ0n) is 12.8. The predicted molar refractivity (Wildman–Crippen MR) is 82.5 cm³/mol. The van der Waals surface area contributed by atoms with Crippen LogP contribution in [0.4, 0.5) is 0 Å². The van der Waals surface area contributed by atoms with E-state index in [1.165, 1.54) is 6.42 Å². The van der Waals surface area contributed by atoms with Crippen molar-refractivity contribution in [3.05, 3.63) is 30.1 Å². The lowest BCUT2D eigenvalue weighted by molar-refractivity contribution is 0.0697. The van der Waals surface area contributed by atoms with Crippen LogP contribution >= 0.6 is 0 Å². The second kappa shape index (κ2) is 4.86. The first-order chi connectivity index (χ1) is 9.85. The minimum Gasteiger partial charge on any atom is -0.478 e. The Morgan fingerprint density at radius 1 is 1.38 bits per heavy atom. The average molecular weight is 286 g/mol. The zero-order valence-corrected chi connectivity index (χ0v) is 12.8. The number of hydrogen-bond acceptors (Lipinski definition) is 2. The Morgan fingerprint density at radius 2 is 2.14 bits per heavy atom. The minimum atomic E-state index is -0.904. The Labute approximate surface area is 124 Å². The maximum Gasteiger partial charge on any atom is 0.335 e. The Bertz CT molecular complexity index is 687. The molecule has 0 saturated heterocycles. The smallest absolute Gasteiger partial charge is 0.335 e. The largest absolute Gasteiger partial charge is 0.478 e. The molecule has 0 radical (unpaired) electrons. The highest BCUT2D eigenvalue weighted by Gasteiger charge is 2.33. The Hall–Kier alpha value is -1.84. The van der Waals surface area contributed by atoms with Crippen molar-refractivity contribution in [3.8, 4) is 0 Å². The van der Waals surface area contributed by atoms with E-state index in [-0.39, 0.29) is 0 Å². The van der Waals surface area contributed by atoms with Gasteiger partial charge in [0.2, 0.25) is 0 Å².